The van der Waals surface area contributed by atoms with Crippen molar-refractivity contribution in [3.8, 4) is 5.75 Å². The van der Waals surface area contributed by atoms with Gasteiger partial charge in [-0.1, -0.05) is 12.1 Å². The van der Waals surface area contributed by atoms with Gasteiger partial charge in [-0.2, -0.15) is 0 Å². The molecule has 1 aromatic heterocycles. The highest BCUT2D eigenvalue weighted by Crippen LogP contribution is 2.14. The summed E-state index contributed by atoms with van der Waals surface area (Å²) >= 11 is 0. The van der Waals surface area contributed by atoms with Crippen LogP contribution in [0.2, 0.25) is 0 Å². The Kier molecular flexibility index (Phi) is 5.97. The first-order chi connectivity index (χ1) is 11.2. The lowest BCUT2D eigenvalue weighted by Gasteiger charge is -2.18. The monoisotopic (exact) mass is 313 g/mol. The maximum atomic E-state index is 12.3. The summed E-state index contributed by atoms with van der Waals surface area (Å²) < 4.78 is 5.15. The van der Waals surface area contributed by atoms with Crippen LogP contribution in [0, 0.1) is 0 Å². The summed E-state index contributed by atoms with van der Waals surface area (Å²) in [5.74, 6) is 0.799. The van der Waals surface area contributed by atoms with Crippen molar-refractivity contribution in [1.82, 2.24) is 9.88 Å². The van der Waals surface area contributed by atoms with E-state index in [-0.39, 0.29) is 5.91 Å². The Labute approximate surface area is 137 Å². The molecule has 0 saturated heterocycles. The number of nitrogens with zero attached hydrogens (tertiary/aromatic N) is 2. The standard InChI is InChI=1S/C18H23N3O2/c1-4-21(5-2)18(22)17-12-15(10-11-19-17)20-13-14-6-8-16(23-3)9-7-14/h6-12H,4-5,13H2,1-3H3,(H,19,20). The molecule has 1 N–H and O–H groups in total. The molecular formula is C18H23N3O2. The summed E-state index contributed by atoms with van der Waals surface area (Å²) in [6, 6.07) is 11.5. The van der Waals surface area contributed by atoms with Gasteiger partial charge in [0, 0.05) is 31.5 Å². The van der Waals surface area contributed by atoms with Gasteiger partial charge in [-0.15, -0.1) is 0 Å². The van der Waals surface area contributed by atoms with Crippen LogP contribution < -0.4 is 10.1 Å². The van der Waals surface area contributed by atoms with E-state index in [2.05, 4.69) is 10.3 Å². The molecule has 0 radical (unpaired) electrons. The topological polar surface area (TPSA) is 54.5 Å². The van der Waals surface area contributed by atoms with Crippen LogP contribution in [0.25, 0.3) is 0 Å². The SMILES string of the molecule is CCN(CC)C(=O)c1cc(NCc2ccc(OC)cc2)ccn1. The van der Waals surface area contributed by atoms with Gasteiger partial charge in [0.15, 0.2) is 0 Å². The molecule has 0 fully saturated rings. The van der Waals surface area contributed by atoms with Gasteiger partial charge in [-0.05, 0) is 43.7 Å². The van der Waals surface area contributed by atoms with E-state index < -0.39 is 0 Å². The lowest BCUT2D eigenvalue weighted by molar-refractivity contribution is 0.0767. The molecule has 0 saturated carbocycles. The molecule has 1 aromatic carbocycles. The number of hydrogen-bond donors (Lipinski definition) is 1. The van der Waals surface area contributed by atoms with Gasteiger partial charge in [-0.25, -0.2) is 0 Å². The molecule has 5 heteroatoms. The number of carbonyl (C=O) groups is 1. The van der Waals surface area contributed by atoms with Crippen molar-refractivity contribution in [2.75, 3.05) is 25.5 Å². The number of pyridine rings is 1. The molecule has 2 aromatic rings. The Hall–Kier alpha value is -2.56. The quantitative estimate of drug-likeness (QED) is 0.853. The van der Waals surface area contributed by atoms with Gasteiger partial charge in [-0.3, -0.25) is 9.78 Å². The van der Waals surface area contributed by atoms with Crippen molar-refractivity contribution in [3.05, 3.63) is 53.9 Å². The van der Waals surface area contributed by atoms with E-state index in [1.165, 1.54) is 0 Å². The fourth-order valence-electron chi connectivity index (χ4n) is 2.28. The van der Waals surface area contributed by atoms with Crippen molar-refractivity contribution in [1.29, 1.82) is 0 Å². The first-order valence-electron chi connectivity index (χ1n) is 7.80. The summed E-state index contributed by atoms with van der Waals surface area (Å²) in [6.45, 7) is 5.97. The van der Waals surface area contributed by atoms with E-state index in [9.17, 15) is 4.79 Å². The van der Waals surface area contributed by atoms with Crippen molar-refractivity contribution >= 4 is 11.6 Å². The highest BCUT2D eigenvalue weighted by Gasteiger charge is 2.13. The van der Waals surface area contributed by atoms with Gasteiger partial charge in [0.2, 0.25) is 0 Å². The van der Waals surface area contributed by atoms with Crippen LogP contribution in [0.5, 0.6) is 5.75 Å². The summed E-state index contributed by atoms with van der Waals surface area (Å²) in [4.78, 5) is 18.3. The average molecular weight is 313 g/mol. The van der Waals surface area contributed by atoms with E-state index >= 15 is 0 Å². The van der Waals surface area contributed by atoms with Crippen LogP contribution in [0.4, 0.5) is 5.69 Å². The molecular weight excluding hydrogens is 290 g/mol. The molecule has 0 aliphatic heterocycles. The largest absolute Gasteiger partial charge is 0.497 e. The molecule has 0 spiro atoms. The number of anilines is 1. The average Bonchev–Trinajstić information content (AvgIpc) is 2.61. The second-order valence-electron chi connectivity index (χ2n) is 5.11. The number of methoxy groups -OCH3 is 1. The first kappa shape index (κ1) is 16.8. The lowest BCUT2D eigenvalue weighted by atomic mass is 10.2. The number of carbonyl (C=O) groups excluding carboxylic acids is 1. The normalized spacial score (nSPS) is 10.2. The second-order valence-corrected chi connectivity index (χ2v) is 5.11. The van der Waals surface area contributed by atoms with Gasteiger partial charge in [0.05, 0.1) is 7.11 Å². The maximum Gasteiger partial charge on any atom is 0.272 e. The minimum absolute atomic E-state index is 0.0388. The number of aromatic nitrogens is 1. The molecule has 1 heterocycles. The number of amides is 1. The van der Waals surface area contributed by atoms with Crippen LogP contribution in [0.3, 0.4) is 0 Å². The van der Waals surface area contributed by atoms with Gasteiger partial charge in [0.1, 0.15) is 11.4 Å². The zero-order valence-electron chi connectivity index (χ0n) is 13.9. The number of rotatable bonds is 7. The fourth-order valence-corrected chi connectivity index (χ4v) is 2.28. The molecule has 0 aliphatic carbocycles. The molecule has 23 heavy (non-hydrogen) atoms. The summed E-state index contributed by atoms with van der Waals surface area (Å²) in [6.07, 6.45) is 1.66. The van der Waals surface area contributed by atoms with Gasteiger partial charge in [0.25, 0.3) is 5.91 Å². The molecule has 5 nitrogen and oxygen atoms in total. The number of hydrogen-bond acceptors (Lipinski definition) is 4. The molecule has 0 bridgehead atoms. The third kappa shape index (κ3) is 4.45. The lowest BCUT2D eigenvalue weighted by Crippen LogP contribution is -2.31. The minimum atomic E-state index is -0.0388. The zero-order valence-corrected chi connectivity index (χ0v) is 13.9. The molecule has 2 rings (SSSR count). The number of ether oxygens (including phenoxy) is 1. The summed E-state index contributed by atoms with van der Waals surface area (Å²) in [5, 5.41) is 3.32. The minimum Gasteiger partial charge on any atom is -0.497 e. The third-order valence-electron chi connectivity index (χ3n) is 3.69. The molecule has 1 amide bonds. The Morgan fingerprint density at radius 3 is 2.48 bits per heavy atom. The third-order valence-corrected chi connectivity index (χ3v) is 3.69. The number of benzene rings is 1. The smallest absolute Gasteiger partial charge is 0.272 e. The maximum absolute atomic E-state index is 12.3. The molecule has 0 atom stereocenters. The van der Waals surface area contributed by atoms with Crippen LogP contribution in [0.15, 0.2) is 42.6 Å². The Morgan fingerprint density at radius 1 is 1.17 bits per heavy atom. The van der Waals surface area contributed by atoms with Gasteiger partial charge >= 0.3 is 0 Å². The Bertz CT molecular complexity index is 637. The zero-order chi connectivity index (χ0) is 16.7. The second kappa shape index (κ2) is 8.17. The molecule has 122 valence electrons. The van der Waals surface area contributed by atoms with E-state index in [0.717, 1.165) is 17.0 Å². The van der Waals surface area contributed by atoms with Crippen LogP contribution in [-0.2, 0) is 6.54 Å². The first-order valence-corrected chi connectivity index (χ1v) is 7.80. The van der Waals surface area contributed by atoms with E-state index in [1.807, 2.05) is 44.2 Å². The predicted octanol–water partition coefficient (Wildman–Crippen LogP) is 3.18. The summed E-state index contributed by atoms with van der Waals surface area (Å²) in [7, 11) is 1.65. The highest BCUT2D eigenvalue weighted by molar-refractivity contribution is 5.93. The Morgan fingerprint density at radius 2 is 1.87 bits per heavy atom. The Balaban J connectivity index is 2.03. The predicted molar refractivity (Wildman–Crippen MR) is 91.8 cm³/mol. The fraction of sp³-hybridized carbons (Fsp3) is 0.333. The van der Waals surface area contributed by atoms with E-state index in [0.29, 0.717) is 25.3 Å². The van der Waals surface area contributed by atoms with Gasteiger partial charge < -0.3 is 15.0 Å². The van der Waals surface area contributed by atoms with E-state index in [4.69, 9.17) is 4.74 Å². The van der Waals surface area contributed by atoms with E-state index in [1.54, 1.807) is 24.3 Å². The summed E-state index contributed by atoms with van der Waals surface area (Å²) in [5.41, 5.74) is 2.49. The number of nitrogens with one attached hydrogen (secondary N) is 1. The van der Waals surface area contributed by atoms with Crippen molar-refractivity contribution < 1.29 is 9.53 Å². The van der Waals surface area contributed by atoms with Crippen LogP contribution in [-0.4, -0.2) is 36.0 Å². The van der Waals surface area contributed by atoms with Crippen LogP contribution >= 0.6 is 0 Å². The molecule has 0 unspecified atom stereocenters. The van der Waals surface area contributed by atoms with Crippen molar-refractivity contribution in [2.45, 2.75) is 20.4 Å². The highest BCUT2D eigenvalue weighted by atomic mass is 16.5. The van der Waals surface area contributed by atoms with Crippen molar-refractivity contribution in [3.63, 3.8) is 0 Å². The van der Waals surface area contributed by atoms with Crippen LogP contribution in [0.1, 0.15) is 29.9 Å². The van der Waals surface area contributed by atoms with Crippen molar-refractivity contribution in [2.24, 2.45) is 0 Å². The molecule has 0 aliphatic rings.